The molecule has 0 amide bonds. The topological polar surface area (TPSA) is 69.2 Å². The molecule has 4 nitrogen and oxygen atoms in total. The second-order valence-corrected chi connectivity index (χ2v) is 4.27. The Morgan fingerprint density at radius 1 is 1.50 bits per heavy atom. The van der Waals surface area contributed by atoms with Crippen molar-refractivity contribution in [2.75, 3.05) is 5.73 Å². The number of thiol groups is 1. The van der Waals surface area contributed by atoms with Gasteiger partial charge in [-0.2, -0.15) is 0 Å². The van der Waals surface area contributed by atoms with Crippen molar-refractivity contribution < 1.29 is 4.92 Å². The molecule has 14 heavy (non-hydrogen) atoms. The highest BCUT2D eigenvalue weighted by Gasteiger charge is 2.14. The molecule has 0 aliphatic carbocycles. The molecule has 0 aliphatic rings. The molecule has 1 heterocycles. The number of fused-ring (bicyclic) bond motifs is 1. The molecule has 0 aliphatic heterocycles. The van der Waals surface area contributed by atoms with Crippen LogP contribution in [0.2, 0.25) is 0 Å². The molecular weight excluding hydrogens is 220 g/mol. The van der Waals surface area contributed by atoms with E-state index >= 15 is 0 Å². The summed E-state index contributed by atoms with van der Waals surface area (Å²) < 4.78 is 0.726. The first-order valence-electron chi connectivity index (χ1n) is 3.75. The number of nitrogens with two attached hydrogens (primary N) is 1. The van der Waals surface area contributed by atoms with E-state index in [2.05, 4.69) is 12.6 Å². The Bertz CT molecular complexity index is 482. The van der Waals surface area contributed by atoms with Crippen LogP contribution in [0, 0.1) is 10.1 Å². The molecule has 0 saturated carbocycles. The first-order valence-corrected chi connectivity index (χ1v) is 5.01. The van der Waals surface area contributed by atoms with Crippen molar-refractivity contribution >= 4 is 44.7 Å². The predicted octanol–water partition coefficient (Wildman–Crippen LogP) is 2.68. The summed E-state index contributed by atoms with van der Waals surface area (Å²) >= 11 is 5.28. The summed E-state index contributed by atoms with van der Waals surface area (Å²) in [5.41, 5.74) is 6.24. The van der Waals surface area contributed by atoms with Crippen LogP contribution in [0.25, 0.3) is 10.1 Å². The van der Waals surface area contributed by atoms with Crippen LogP contribution in [-0.4, -0.2) is 4.92 Å². The average Bonchev–Trinajstić information content (AvgIpc) is 2.57. The standard InChI is InChI=1S/C8H6N2O2S2/c9-5-1-2-6(13)4-3-7(10(11)12)14-8(4)5/h1-3,13H,9H2. The molecule has 6 heteroatoms. The molecule has 2 rings (SSSR count). The van der Waals surface area contributed by atoms with Crippen LogP contribution < -0.4 is 5.73 Å². The van der Waals surface area contributed by atoms with Crippen molar-refractivity contribution in [3.63, 3.8) is 0 Å². The second kappa shape index (κ2) is 3.14. The van der Waals surface area contributed by atoms with Gasteiger partial charge in [0, 0.05) is 22.0 Å². The van der Waals surface area contributed by atoms with Gasteiger partial charge in [-0.3, -0.25) is 10.1 Å². The quantitative estimate of drug-likeness (QED) is 0.340. The number of hydrogen-bond donors (Lipinski definition) is 2. The number of thiophene rings is 1. The molecule has 2 aromatic rings. The van der Waals surface area contributed by atoms with E-state index in [1.165, 1.54) is 6.07 Å². The number of nitrogen functional groups attached to an aromatic ring is 1. The minimum Gasteiger partial charge on any atom is -0.398 e. The Balaban J connectivity index is 2.82. The Labute approximate surface area is 88.9 Å². The fourth-order valence-corrected chi connectivity index (χ4v) is 2.46. The second-order valence-electron chi connectivity index (χ2n) is 2.76. The molecule has 1 aromatic carbocycles. The number of nitrogens with zero attached hydrogens (tertiary/aromatic N) is 1. The van der Waals surface area contributed by atoms with Gasteiger partial charge in [0.05, 0.1) is 9.62 Å². The molecule has 0 saturated heterocycles. The molecule has 0 unspecified atom stereocenters. The predicted molar refractivity (Wildman–Crippen MR) is 60.1 cm³/mol. The molecule has 72 valence electrons. The molecule has 0 atom stereocenters. The van der Waals surface area contributed by atoms with Crippen LogP contribution in [0.1, 0.15) is 0 Å². The summed E-state index contributed by atoms with van der Waals surface area (Å²) in [5.74, 6) is 0. The monoisotopic (exact) mass is 226 g/mol. The van der Waals surface area contributed by atoms with Gasteiger partial charge in [0.1, 0.15) is 0 Å². The zero-order chi connectivity index (χ0) is 10.3. The van der Waals surface area contributed by atoms with Crippen LogP contribution >= 0.6 is 24.0 Å². The van der Waals surface area contributed by atoms with Gasteiger partial charge in [-0.1, -0.05) is 11.3 Å². The van der Waals surface area contributed by atoms with E-state index in [4.69, 9.17) is 5.73 Å². The largest absolute Gasteiger partial charge is 0.398 e. The fourth-order valence-electron chi connectivity index (χ4n) is 1.21. The molecule has 2 N–H and O–H groups in total. The highest BCUT2D eigenvalue weighted by atomic mass is 32.1. The number of nitro groups is 1. The van der Waals surface area contributed by atoms with Crippen molar-refractivity contribution in [3.05, 3.63) is 28.3 Å². The lowest BCUT2D eigenvalue weighted by molar-refractivity contribution is -0.380. The summed E-state index contributed by atoms with van der Waals surface area (Å²) in [6.45, 7) is 0. The van der Waals surface area contributed by atoms with Crippen molar-refractivity contribution in [2.45, 2.75) is 4.90 Å². The van der Waals surface area contributed by atoms with Gasteiger partial charge < -0.3 is 5.73 Å². The van der Waals surface area contributed by atoms with Crippen LogP contribution in [0.5, 0.6) is 0 Å². The van der Waals surface area contributed by atoms with Gasteiger partial charge in [-0.25, -0.2) is 0 Å². The van der Waals surface area contributed by atoms with E-state index < -0.39 is 4.92 Å². The van der Waals surface area contributed by atoms with Crippen molar-refractivity contribution in [1.29, 1.82) is 0 Å². The first kappa shape index (κ1) is 9.29. The van der Waals surface area contributed by atoms with Gasteiger partial charge in [0.25, 0.3) is 0 Å². The number of benzene rings is 1. The summed E-state index contributed by atoms with van der Waals surface area (Å²) in [6, 6.07) is 4.93. The van der Waals surface area contributed by atoms with Gasteiger partial charge >= 0.3 is 5.00 Å². The SMILES string of the molecule is Nc1ccc(S)c2cc([N+](=O)[O-])sc12. The molecule has 0 radical (unpaired) electrons. The highest BCUT2D eigenvalue weighted by molar-refractivity contribution is 7.80. The minimum absolute atomic E-state index is 0.0909. The van der Waals surface area contributed by atoms with Gasteiger partial charge in [-0.05, 0) is 12.1 Å². The molecule has 0 fully saturated rings. The zero-order valence-corrected chi connectivity index (χ0v) is 8.64. The fraction of sp³-hybridized carbons (Fsp3) is 0. The maximum Gasteiger partial charge on any atom is 0.325 e. The van der Waals surface area contributed by atoms with E-state index in [0.717, 1.165) is 21.4 Å². The lowest BCUT2D eigenvalue weighted by Crippen LogP contribution is -1.83. The maximum atomic E-state index is 10.5. The van der Waals surface area contributed by atoms with E-state index in [-0.39, 0.29) is 5.00 Å². The number of rotatable bonds is 1. The Morgan fingerprint density at radius 3 is 2.79 bits per heavy atom. The lowest BCUT2D eigenvalue weighted by atomic mass is 10.2. The summed E-state index contributed by atoms with van der Waals surface area (Å²) in [7, 11) is 0. The van der Waals surface area contributed by atoms with Gasteiger partial charge in [0.2, 0.25) is 0 Å². The summed E-state index contributed by atoms with van der Waals surface area (Å²) in [6.07, 6.45) is 0. The van der Waals surface area contributed by atoms with E-state index in [1.807, 2.05) is 0 Å². The third-order valence-electron chi connectivity index (χ3n) is 1.86. The van der Waals surface area contributed by atoms with Gasteiger partial charge in [-0.15, -0.1) is 12.6 Å². The Hall–Kier alpha value is -1.27. The van der Waals surface area contributed by atoms with Gasteiger partial charge in [0.15, 0.2) is 0 Å². The normalized spacial score (nSPS) is 10.6. The first-order chi connectivity index (χ1) is 6.59. The smallest absolute Gasteiger partial charge is 0.325 e. The molecular formula is C8H6N2O2S2. The van der Waals surface area contributed by atoms with E-state index in [9.17, 15) is 10.1 Å². The molecule has 0 spiro atoms. The van der Waals surface area contributed by atoms with Crippen molar-refractivity contribution in [3.8, 4) is 0 Å². The molecule has 0 bridgehead atoms. The Morgan fingerprint density at radius 2 is 2.21 bits per heavy atom. The van der Waals surface area contributed by atoms with Crippen LogP contribution in [-0.2, 0) is 0 Å². The molecule has 1 aromatic heterocycles. The van der Waals surface area contributed by atoms with E-state index in [1.54, 1.807) is 12.1 Å². The number of anilines is 1. The number of hydrogen-bond acceptors (Lipinski definition) is 5. The van der Waals surface area contributed by atoms with Crippen LogP contribution in [0.15, 0.2) is 23.1 Å². The average molecular weight is 226 g/mol. The minimum atomic E-state index is -0.419. The van der Waals surface area contributed by atoms with E-state index in [0.29, 0.717) is 10.6 Å². The lowest BCUT2D eigenvalue weighted by Gasteiger charge is -1.96. The van der Waals surface area contributed by atoms with Crippen molar-refractivity contribution in [1.82, 2.24) is 0 Å². The summed E-state index contributed by atoms with van der Waals surface area (Å²) in [5, 5.41) is 11.4. The summed E-state index contributed by atoms with van der Waals surface area (Å²) in [4.78, 5) is 10.8. The van der Waals surface area contributed by atoms with Crippen LogP contribution in [0.3, 0.4) is 0 Å². The maximum absolute atomic E-state index is 10.5. The zero-order valence-electron chi connectivity index (χ0n) is 6.93. The third kappa shape index (κ3) is 1.32. The Kier molecular flexibility index (Phi) is 2.09. The van der Waals surface area contributed by atoms with Crippen molar-refractivity contribution in [2.24, 2.45) is 0 Å². The van der Waals surface area contributed by atoms with Crippen LogP contribution in [0.4, 0.5) is 10.7 Å². The third-order valence-corrected chi connectivity index (χ3v) is 3.38. The highest BCUT2D eigenvalue weighted by Crippen LogP contribution is 2.38.